The first-order valence-electron chi connectivity index (χ1n) is 6.05. The molecule has 0 aliphatic rings. The zero-order valence-electron chi connectivity index (χ0n) is 11.0. The predicted octanol–water partition coefficient (Wildman–Crippen LogP) is 3.48. The SMILES string of the molecule is CC(C(=O)c1ccc(F)cc1)S(=O)c1ccc(F)cc1F. The molecule has 0 heterocycles. The number of hydrogen-bond donors (Lipinski definition) is 0. The first-order chi connectivity index (χ1) is 9.90. The molecule has 0 amide bonds. The van der Waals surface area contributed by atoms with E-state index in [1.165, 1.54) is 19.1 Å². The number of ketones is 1. The van der Waals surface area contributed by atoms with Crippen LogP contribution in [0.2, 0.25) is 0 Å². The van der Waals surface area contributed by atoms with Crippen molar-refractivity contribution in [1.29, 1.82) is 0 Å². The summed E-state index contributed by atoms with van der Waals surface area (Å²) in [6.07, 6.45) is 0. The van der Waals surface area contributed by atoms with E-state index in [1.807, 2.05) is 0 Å². The quantitative estimate of drug-likeness (QED) is 0.810. The smallest absolute Gasteiger partial charge is 0.178 e. The van der Waals surface area contributed by atoms with Gasteiger partial charge in [0.15, 0.2) is 5.78 Å². The summed E-state index contributed by atoms with van der Waals surface area (Å²) in [5, 5.41) is -1.03. The lowest BCUT2D eigenvalue weighted by Gasteiger charge is -2.11. The third-order valence-corrected chi connectivity index (χ3v) is 4.55. The molecule has 0 saturated carbocycles. The Morgan fingerprint density at radius 2 is 1.57 bits per heavy atom. The van der Waals surface area contributed by atoms with Gasteiger partial charge in [-0.15, -0.1) is 0 Å². The van der Waals surface area contributed by atoms with E-state index in [4.69, 9.17) is 0 Å². The minimum Gasteiger partial charge on any atom is -0.293 e. The van der Waals surface area contributed by atoms with E-state index in [2.05, 4.69) is 0 Å². The fraction of sp³-hybridized carbons (Fsp3) is 0.133. The molecule has 2 unspecified atom stereocenters. The molecule has 0 radical (unpaired) electrons. The normalized spacial score (nSPS) is 13.7. The third-order valence-electron chi connectivity index (χ3n) is 2.93. The molecule has 0 bridgehead atoms. The number of carbonyl (C=O) groups is 1. The third kappa shape index (κ3) is 3.39. The molecule has 2 aromatic carbocycles. The number of Topliss-reactive ketones (excluding diaryl/α,β-unsaturated/α-hetero) is 1. The van der Waals surface area contributed by atoms with Crippen molar-refractivity contribution in [2.75, 3.05) is 0 Å². The van der Waals surface area contributed by atoms with Gasteiger partial charge in [0.2, 0.25) is 0 Å². The van der Waals surface area contributed by atoms with Crippen LogP contribution in [0.5, 0.6) is 0 Å². The monoisotopic (exact) mass is 312 g/mol. The van der Waals surface area contributed by atoms with Crippen molar-refractivity contribution in [3.8, 4) is 0 Å². The lowest BCUT2D eigenvalue weighted by Crippen LogP contribution is -2.23. The van der Waals surface area contributed by atoms with Gasteiger partial charge in [-0.2, -0.15) is 0 Å². The zero-order valence-corrected chi connectivity index (χ0v) is 11.8. The van der Waals surface area contributed by atoms with Gasteiger partial charge in [0.05, 0.1) is 20.9 Å². The van der Waals surface area contributed by atoms with E-state index >= 15 is 0 Å². The summed E-state index contributed by atoms with van der Waals surface area (Å²) in [5.41, 5.74) is 0.180. The Hall–Kier alpha value is -1.95. The molecule has 0 aliphatic carbocycles. The summed E-state index contributed by atoms with van der Waals surface area (Å²) in [4.78, 5) is 11.9. The van der Waals surface area contributed by atoms with Gasteiger partial charge in [-0.05, 0) is 43.3 Å². The molecular formula is C15H11F3O2S. The van der Waals surface area contributed by atoms with Gasteiger partial charge < -0.3 is 0 Å². The maximum Gasteiger partial charge on any atom is 0.178 e. The molecule has 0 N–H and O–H groups in total. The van der Waals surface area contributed by atoms with Crippen LogP contribution < -0.4 is 0 Å². The van der Waals surface area contributed by atoms with Gasteiger partial charge >= 0.3 is 0 Å². The Morgan fingerprint density at radius 3 is 2.14 bits per heavy atom. The summed E-state index contributed by atoms with van der Waals surface area (Å²) in [7, 11) is -1.97. The first-order valence-corrected chi connectivity index (χ1v) is 7.27. The van der Waals surface area contributed by atoms with Crippen molar-refractivity contribution in [3.63, 3.8) is 0 Å². The average Bonchev–Trinajstić information content (AvgIpc) is 2.46. The van der Waals surface area contributed by atoms with Crippen molar-refractivity contribution in [3.05, 3.63) is 65.5 Å². The minimum atomic E-state index is -1.97. The Labute approximate surface area is 122 Å². The van der Waals surface area contributed by atoms with Gasteiger partial charge in [0.1, 0.15) is 17.5 Å². The topological polar surface area (TPSA) is 34.1 Å². The summed E-state index contributed by atoms with van der Waals surface area (Å²) >= 11 is 0. The Kier molecular flexibility index (Phi) is 4.57. The molecule has 0 aromatic heterocycles. The molecule has 0 aliphatic heterocycles. The van der Waals surface area contributed by atoms with Crippen molar-refractivity contribution in [2.45, 2.75) is 17.1 Å². The minimum absolute atomic E-state index is 0.180. The lowest BCUT2D eigenvalue weighted by molar-refractivity contribution is 0.0992. The molecule has 2 atom stereocenters. The maximum atomic E-state index is 13.6. The van der Waals surface area contributed by atoms with E-state index in [9.17, 15) is 22.2 Å². The van der Waals surface area contributed by atoms with Crippen LogP contribution in [0.25, 0.3) is 0 Å². The molecule has 0 spiro atoms. The van der Waals surface area contributed by atoms with Crippen LogP contribution in [0.4, 0.5) is 13.2 Å². The Morgan fingerprint density at radius 1 is 1.00 bits per heavy atom. The second-order valence-corrected chi connectivity index (χ2v) is 6.13. The van der Waals surface area contributed by atoms with E-state index in [0.29, 0.717) is 6.07 Å². The van der Waals surface area contributed by atoms with Crippen LogP contribution in [-0.2, 0) is 10.8 Å². The summed E-state index contributed by atoms with van der Waals surface area (Å²) in [6, 6.07) is 7.41. The van der Waals surface area contributed by atoms with Crippen LogP contribution in [0, 0.1) is 17.5 Å². The van der Waals surface area contributed by atoms with Gasteiger partial charge in [-0.3, -0.25) is 9.00 Å². The Balaban J connectivity index is 2.26. The van der Waals surface area contributed by atoms with Crippen LogP contribution >= 0.6 is 0 Å². The number of halogens is 3. The van der Waals surface area contributed by atoms with Gasteiger partial charge in [0.25, 0.3) is 0 Å². The first kappa shape index (κ1) is 15.4. The highest BCUT2D eigenvalue weighted by Crippen LogP contribution is 2.19. The molecule has 2 nitrogen and oxygen atoms in total. The van der Waals surface area contributed by atoms with Crippen molar-refractivity contribution >= 4 is 16.6 Å². The molecule has 21 heavy (non-hydrogen) atoms. The van der Waals surface area contributed by atoms with Gasteiger partial charge in [0, 0.05) is 11.6 Å². The summed E-state index contributed by atoms with van der Waals surface area (Å²) in [5.74, 6) is -2.75. The van der Waals surface area contributed by atoms with Gasteiger partial charge in [-0.1, -0.05) is 0 Å². The van der Waals surface area contributed by atoms with E-state index < -0.39 is 39.3 Å². The van der Waals surface area contributed by atoms with Crippen LogP contribution in [0.1, 0.15) is 17.3 Å². The largest absolute Gasteiger partial charge is 0.293 e. The van der Waals surface area contributed by atoms with Gasteiger partial charge in [-0.25, -0.2) is 13.2 Å². The number of benzene rings is 2. The van der Waals surface area contributed by atoms with Crippen LogP contribution in [-0.4, -0.2) is 15.2 Å². The molecule has 0 saturated heterocycles. The highest BCUT2D eigenvalue weighted by molar-refractivity contribution is 7.86. The second-order valence-electron chi connectivity index (χ2n) is 4.39. The fourth-order valence-electron chi connectivity index (χ4n) is 1.77. The van der Waals surface area contributed by atoms with E-state index in [1.54, 1.807) is 0 Å². The van der Waals surface area contributed by atoms with E-state index in [-0.39, 0.29) is 10.5 Å². The van der Waals surface area contributed by atoms with Crippen molar-refractivity contribution in [1.82, 2.24) is 0 Å². The van der Waals surface area contributed by atoms with Crippen molar-refractivity contribution in [2.24, 2.45) is 0 Å². The Bertz CT molecular complexity index is 699. The highest BCUT2D eigenvalue weighted by atomic mass is 32.2. The summed E-state index contributed by atoms with van der Waals surface area (Å²) in [6.45, 7) is 1.38. The number of rotatable bonds is 4. The molecule has 0 fully saturated rings. The molecule has 6 heteroatoms. The van der Waals surface area contributed by atoms with E-state index in [0.717, 1.165) is 24.3 Å². The molecule has 110 valence electrons. The van der Waals surface area contributed by atoms with Crippen LogP contribution in [0.15, 0.2) is 47.4 Å². The average molecular weight is 312 g/mol. The maximum absolute atomic E-state index is 13.6. The zero-order chi connectivity index (χ0) is 15.6. The molecule has 2 rings (SSSR count). The standard InChI is InChI=1S/C15H11F3O2S/c1-9(15(19)10-2-4-11(16)5-3-10)21(20)14-7-6-12(17)8-13(14)18/h2-9H,1H3. The van der Waals surface area contributed by atoms with Crippen LogP contribution in [0.3, 0.4) is 0 Å². The fourth-order valence-corrected chi connectivity index (χ4v) is 2.94. The highest BCUT2D eigenvalue weighted by Gasteiger charge is 2.25. The predicted molar refractivity (Wildman–Crippen MR) is 73.0 cm³/mol. The summed E-state index contributed by atoms with van der Waals surface area (Å²) < 4.78 is 51.4. The number of carbonyl (C=O) groups excluding carboxylic acids is 1. The van der Waals surface area contributed by atoms with Crippen molar-refractivity contribution < 1.29 is 22.2 Å². The second kappa shape index (κ2) is 6.22. The lowest BCUT2D eigenvalue weighted by atomic mass is 10.1. The molecule has 2 aromatic rings. The number of hydrogen-bond acceptors (Lipinski definition) is 2. The molecular weight excluding hydrogens is 301 g/mol.